The van der Waals surface area contributed by atoms with E-state index < -0.39 is 0 Å². The largest absolute Gasteiger partial charge is 0.329 e. The molecule has 4 rings (SSSR count). The molecule has 0 bridgehead atoms. The van der Waals surface area contributed by atoms with Crippen molar-refractivity contribution in [1.82, 2.24) is 19.6 Å². The zero-order valence-electron chi connectivity index (χ0n) is 18.9. The summed E-state index contributed by atoms with van der Waals surface area (Å²) in [7, 11) is 0. The Morgan fingerprint density at radius 3 is 2.38 bits per heavy atom. The van der Waals surface area contributed by atoms with Gasteiger partial charge in [0.15, 0.2) is 10.9 Å². The van der Waals surface area contributed by atoms with Crippen LogP contribution >= 0.6 is 47.0 Å². The van der Waals surface area contributed by atoms with E-state index in [1.807, 2.05) is 72.6 Å². The minimum absolute atomic E-state index is 0.433. The van der Waals surface area contributed by atoms with Crippen LogP contribution in [0.25, 0.3) is 0 Å². The summed E-state index contributed by atoms with van der Waals surface area (Å²) in [6.07, 6.45) is 0. The maximum atomic E-state index is 6.34. The average Bonchev–Trinajstić information content (AvgIpc) is 3.23. The predicted octanol–water partition coefficient (Wildman–Crippen LogP) is 6.87. The molecule has 2 heterocycles. The van der Waals surface area contributed by atoms with Crippen LogP contribution in [-0.4, -0.2) is 24.7 Å². The molecule has 0 spiro atoms. The summed E-state index contributed by atoms with van der Waals surface area (Å²) in [5.41, 5.74) is 5.63. The second-order valence-electron chi connectivity index (χ2n) is 7.98. The van der Waals surface area contributed by atoms with Crippen molar-refractivity contribution >= 4 is 63.6 Å². The van der Waals surface area contributed by atoms with Gasteiger partial charge in [0.25, 0.3) is 0 Å². The van der Waals surface area contributed by atoms with Gasteiger partial charge in [-0.2, -0.15) is 10.2 Å². The molecule has 2 N–H and O–H groups in total. The fourth-order valence-electron chi connectivity index (χ4n) is 3.64. The van der Waals surface area contributed by atoms with Gasteiger partial charge in [-0.1, -0.05) is 53.0 Å². The molecule has 2 aromatic carbocycles. The second-order valence-corrected chi connectivity index (χ2v) is 9.67. The number of anilines is 2. The van der Waals surface area contributed by atoms with Gasteiger partial charge in [0.2, 0.25) is 0 Å². The molecular formula is C24H23Cl3N6S. The highest BCUT2D eigenvalue weighted by Gasteiger charge is 2.15. The third-order valence-corrected chi connectivity index (χ3v) is 6.43. The molecule has 10 heteroatoms. The van der Waals surface area contributed by atoms with Gasteiger partial charge in [-0.25, -0.2) is 0 Å². The van der Waals surface area contributed by atoms with Gasteiger partial charge in [0.1, 0.15) is 0 Å². The normalized spacial score (nSPS) is 11.0. The summed E-state index contributed by atoms with van der Waals surface area (Å²) in [5.74, 6) is 0.660. The van der Waals surface area contributed by atoms with Crippen LogP contribution in [0, 0.1) is 20.8 Å². The van der Waals surface area contributed by atoms with Gasteiger partial charge in [-0.15, -0.1) is 0 Å². The van der Waals surface area contributed by atoms with Gasteiger partial charge in [-0.3, -0.25) is 9.36 Å². The third kappa shape index (κ3) is 5.73. The Labute approximate surface area is 218 Å². The smallest absolute Gasteiger partial charge is 0.176 e. The van der Waals surface area contributed by atoms with Gasteiger partial charge >= 0.3 is 0 Å². The van der Waals surface area contributed by atoms with Crippen LogP contribution in [0.4, 0.5) is 11.5 Å². The minimum Gasteiger partial charge on any atom is -0.329 e. The lowest BCUT2D eigenvalue weighted by Gasteiger charge is -2.10. The van der Waals surface area contributed by atoms with Crippen molar-refractivity contribution in [2.75, 3.05) is 10.6 Å². The number of thiocarbonyl (C=S) groups is 1. The van der Waals surface area contributed by atoms with E-state index in [2.05, 4.69) is 20.8 Å². The van der Waals surface area contributed by atoms with Crippen LogP contribution in [0.3, 0.4) is 0 Å². The minimum atomic E-state index is 0.433. The lowest BCUT2D eigenvalue weighted by atomic mass is 10.2. The summed E-state index contributed by atoms with van der Waals surface area (Å²) in [6, 6.07) is 15.1. The molecule has 0 amide bonds. The number of benzene rings is 2. The lowest BCUT2D eigenvalue weighted by molar-refractivity contribution is 0.659. The topological polar surface area (TPSA) is 59.7 Å². The molecule has 0 saturated heterocycles. The second kappa shape index (κ2) is 10.4. The molecule has 0 radical (unpaired) electrons. The van der Waals surface area contributed by atoms with Gasteiger partial charge in [0.05, 0.1) is 30.2 Å². The summed E-state index contributed by atoms with van der Waals surface area (Å²) in [6.45, 7) is 7.06. The predicted molar refractivity (Wildman–Crippen MR) is 145 cm³/mol. The number of hydrogen-bond donors (Lipinski definition) is 2. The monoisotopic (exact) mass is 532 g/mol. The molecule has 0 unspecified atom stereocenters. The van der Waals surface area contributed by atoms with Crippen molar-refractivity contribution in [3.8, 4) is 0 Å². The first-order valence-electron chi connectivity index (χ1n) is 10.5. The zero-order valence-corrected chi connectivity index (χ0v) is 21.9. The maximum absolute atomic E-state index is 6.34. The van der Waals surface area contributed by atoms with Crippen molar-refractivity contribution in [3.05, 3.63) is 91.8 Å². The molecule has 0 aliphatic heterocycles. The highest BCUT2D eigenvalue weighted by Crippen LogP contribution is 2.25. The van der Waals surface area contributed by atoms with Crippen LogP contribution in [0.5, 0.6) is 0 Å². The van der Waals surface area contributed by atoms with Crippen molar-refractivity contribution in [2.24, 2.45) is 0 Å². The van der Waals surface area contributed by atoms with E-state index >= 15 is 0 Å². The van der Waals surface area contributed by atoms with E-state index in [4.69, 9.17) is 47.0 Å². The number of nitrogens with one attached hydrogen (secondary N) is 2. The summed E-state index contributed by atoms with van der Waals surface area (Å²) < 4.78 is 3.79. The Morgan fingerprint density at radius 2 is 1.65 bits per heavy atom. The Bertz CT molecular complexity index is 1360. The first kappa shape index (κ1) is 24.5. The average molecular weight is 534 g/mol. The highest BCUT2D eigenvalue weighted by molar-refractivity contribution is 7.80. The Morgan fingerprint density at radius 1 is 0.882 bits per heavy atom. The van der Waals surface area contributed by atoms with Crippen molar-refractivity contribution in [1.29, 1.82) is 0 Å². The van der Waals surface area contributed by atoms with E-state index in [-0.39, 0.29) is 0 Å². The molecule has 0 saturated carbocycles. The van der Waals surface area contributed by atoms with E-state index in [0.29, 0.717) is 39.1 Å². The molecule has 4 aromatic rings. The van der Waals surface area contributed by atoms with Crippen molar-refractivity contribution < 1.29 is 0 Å². The molecule has 0 atom stereocenters. The van der Waals surface area contributed by atoms with E-state index in [0.717, 1.165) is 33.9 Å². The molecule has 0 aliphatic rings. The molecule has 0 aliphatic carbocycles. The number of hydrogen-bond acceptors (Lipinski definition) is 3. The van der Waals surface area contributed by atoms with Gasteiger partial charge in [-0.05, 0) is 68.4 Å². The Balaban J connectivity index is 1.44. The SMILES string of the molecule is Cc1nn(Cc2ccc(Cl)cc2Cl)c(C)c1NC(=S)Nc1cc(C)n(Cc2cccc(Cl)c2)n1. The van der Waals surface area contributed by atoms with Gasteiger partial charge < -0.3 is 10.6 Å². The molecule has 0 fully saturated rings. The molecule has 6 nitrogen and oxygen atoms in total. The summed E-state index contributed by atoms with van der Waals surface area (Å²) in [5, 5.41) is 18.0. The van der Waals surface area contributed by atoms with E-state index in [1.165, 1.54) is 0 Å². The first-order valence-corrected chi connectivity index (χ1v) is 12.1. The summed E-state index contributed by atoms with van der Waals surface area (Å²) >= 11 is 24.0. The van der Waals surface area contributed by atoms with Gasteiger partial charge in [0, 0.05) is 26.8 Å². The third-order valence-electron chi connectivity index (χ3n) is 5.40. The highest BCUT2D eigenvalue weighted by atomic mass is 35.5. The fraction of sp³-hybridized carbons (Fsp3) is 0.208. The van der Waals surface area contributed by atoms with Crippen molar-refractivity contribution in [3.63, 3.8) is 0 Å². The quantitative estimate of drug-likeness (QED) is 0.265. The fourth-order valence-corrected chi connectivity index (χ4v) is 4.53. The van der Waals surface area contributed by atoms with Crippen molar-refractivity contribution in [2.45, 2.75) is 33.9 Å². The first-order chi connectivity index (χ1) is 16.2. The number of aromatic nitrogens is 4. The molecular weight excluding hydrogens is 511 g/mol. The Hall–Kier alpha value is -2.58. The van der Waals surface area contributed by atoms with Crippen LogP contribution in [0.1, 0.15) is 28.2 Å². The van der Waals surface area contributed by atoms with Crippen LogP contribution < -0.4 is 10.6 Å². The number of halogens is 3. The molecule has 34 heavy (non-hydrogen) atoms. The molecule has 2 aromatic heterocycles. The van der Waals surface area contributed by atoms with Crippen LogP contribution in [0.15, 0.2) is 48.5 Å². The van der Waals surface area contributed by atoms with E-state index in [9.17, 15) is 0 Å². The summed E-state index contributed by atoms with van der Waals surface area (Å²) in [4.78, 5) is 0. The zero-order chi connectivity index (χ0) is 24.4. The van der Waals surface area contributed by atoms with Crippen LogP contribution in [-0.2, 0) is 13.1 Å². The van der Waals surface area contributed by atoms with Crippen LogP contribution in [0.2, 0.25) is 15.1 Å². The number of rotatable bonds is 6. The Kier molecular flexibility index (Phi) is 7.48. The molecule has 176 valence electrons. The standard InChI is InChI=1S/C24H23Cl3N6S/c1-14-9-22(31-32(14)12-17-5-4-6-19(25)10-17)28-24(34)29-23-15(2)30-33(16(23)3)13-18-7-8-20(26)11-21(18)27/h4-11H,12-13H2,1-3H3,(H2,28,29,31,34). The maximum Gasteiger partial charge on any atom is 0.176 e. The lowest BCUT2D eigenvalue weighted by Crippen LogP contribution is -2.20. The number of nitrogens with zero attached hydrogens (tertiary/aromatic N) is 4. The van der Waals surface area contributed by atoms with E-state index in [1.54, 1.807) is 6.07 Å². The number of aryl methyl sites for hydroxylation is 2.